The second kappa shape index (κ2) is 6.03. The van der Waals surface area contributed by atoms with Crippen LogP contribution in [0, 0.1) is 15.5 Å². The summed E-state index contributed by atoms with van der Waals surface area (Å²) in [6.07, 6.45) is 3.25. The third-order valence-electron chi connectivity index (χ3n) is 4.00. The summed E-state index contributed by atoms with van der Waals surface area (Å²) < 4.78 is 5.29. The van der Waals surface area contributed by atoms with Gasteiger partial charge in [-0.3, -0.25) is 10.1 Å². The Bertz CT molecular complexity index is 548. The predicted molar refractivity (Wildman–Crippen MR) is 81.7 cm³/mol. The molecule has 0 aliphatic heterocycles. The van der Waals surface area contributed by atoms with Gasteiger partial charge in [0.2, 0.25) is 5.82 Å². The van der Waals surface area contributed by atoms with Crippen LogP contribution in [0.3, 0.4) is 0 Å². The largest absolute Gasteiger partial charge is 0.384 e. The van der Waals surface area contributed by atoms with Crippen molar-refractivity contribution in [2.75, 3.05) is 37.9 Å². The van der Waals surface area contributed by atoms with E-state index in [2.05, 4.69) is 4.98 Å². The third kappa shape index (κ3) is 3.19. The highest BCUT2D eigenvalue weighted by molar-refractivity contribution is 6.30. The summed E-state index contributed by atoms with van der Waals surface area (Å²) in [6.45, 7) is 1.29. The van der Waals surface area contributed by atoms with Crippen LogP contribution in [0.5, 0.6) is 0 Å². The number of hydrogen-bond acceptors (Lipinski definition) is 6. The van der Waals surface area contributed by atoms with Crippen molar-refractivity contribution >= 4 is 28.8 Å². The zero-order chi connectivity index (χ0) is 15.6. The molecule has 1 aromatic heterocycles. The van der Waals surface area contributed by atoms with Gasteiger partial charge in [0.15, 0.2) is 0 Å². The van der Waals surface area contributed by atoms with Crippen LogP contribution >= 0.6 is 11.6 Å². The predicted octanol–water partition coefficient (Wildman–Crippen LogP) is 2.48. The molecule has 8 heteroatoms. The fraction of sp³-hybridized carbons (Fsp3) is 0.615. The quantitative estimate of drug-likeness (QED) is 0.492. The number of anilines is 2. The molecule has 0 amide bonds. The van der Waals surface area contributed by atoms with Gasteiger partial charge in [-0.05, 0) is 12.8 Å². The van der Waals surface area contributed by atoms with Gasteiger partial charge in [-0.2, -0.15) is 0 Å². The molecule has 0 radical (unpaired) electrons. The maximum absolute atomic E-state index is 11.2. The first kappa shape index (κ1) is 15.8. The molecule has 1 fully saturated rings. The van der Waals surface area contributed by atoms with Crippen LogP contribution in [0.15, 0.2) is 6.07 Å². The minimum atomic E-state index is -0.520. The molecule has 0 bridgehead atoms. The van der Waals surface area contributed by atoms with E-state index in [1.165, 1.54) is 6.07 Å². The molecular formula is C13H19ClN4O3. The summed E-state index contributed by atoms with van der Waals surface area (Å²) in [7, 11) is 3.47. The molecular weight excluding hydrogens is 296 g/mol. The third-order valence-corrected chi connectivity index (χ3v) is 4.19. The van der Waals surface area contributed by atoms with Crippen LogP contribution < -0.4 is 10.6 Å². The fourth-order valence-electron chi connectivity index (χ4n) is 2.91. The lowest BCUT2D eigenvalue weighted by molar-refractivity contribution is -0.383. The number of rotatable bonds is 6. The number of pyridine rings is 1. The van der Waals surface area contributed by atoms with Crippen molar-refractivity contribution in [3.63, 3.8) is 0 Å². The molecule has 1 heterocycles. The Balaban J connectivity index is 2.30. The van der Waals surface area contributed by atoms with E-state index in [9.17, 15) is 10.1 Å². The summed E-state index contributed by atoms with van der Waals surface area (Å²) in [5.41, 5.74) is 5.87. The minimum absolute atomic E-state index is 0.0435. The number of halogens is 1. The van der Waals surface area contributed by atoms with Gasteiger partial charge < -0.3 is 15.4 Å². The summed E-state index contributed by atoms with van der Waals surface area (Å²) >= 11 is 5.89. The molecule has 1 aliphatic carbocycles. The lowest BCUT2D eigenvalue weighted by atomic mass is 9.69. The Morgan fingerprint density at radius 3 is 2.76 bits per heavy atom. The van der Waals surface area contributed by atoms with Gasteiger partial charge in [0, 0.05) is 32.2 Å². The van der Waals surface area contributed by atoms with Crippen LogP contribution in [-0.4, -0.2) is 37.2 Å². The highest BCUT2D eigenvalue weighted by Crippen LogP contribution is 2.43. The number of aromatic nitrogens is 1. The Kier molecular flexibility index (Phi) is 4.53. The number of nitrogens with two attached hydrogens (primary N) is 1. The van der Waals surface area contributed by atoms with Gasteiger partial charge in [0.1, 0.15) is 10.8 Å². The van der Waals surface area contributed by atoms with E-state index in [0.29, 0.717) is 18.8 Å². The van der Waals surface area contributed by atoms with E-state index in [1.54, 1.807) is 14.2 Å². The zero-order valence-corrected chi connectivity index (χ0v) is 12.9. The highest BCUT2D eigenvalue weighted by atomic mass is 35.5. The highest BCUT2D eigenvalue weighted by Gasteiger charge is 2.39. The van der Waals surface area contributed by atoms with E-state index >= 15 is 0 Å². The average molecular weight is 315 g/mol. The van der Waals surface area contributed by atoms with Crippen molar-refractivity contribution in [3.8, 4) is 0 Å². The zero-order valence-electron chi connectivity index (χ0n) is 12.1. The second-order valence-corrected chi connectivity index (χ2v) is 5.98. The van der Waals surface area contributed by atoms with Crippen molar-refractivity contribution in [1.82, 2.24) is 4.98 Å². The topological polar surface area (TPSA) is 94.5 Å². The van der Waals surface area contributed by atoms with Gasteiger partial charge in [-0.15, -0.1) is 0 Å². The molecule has 1 saturated carbocycles. The SMILES string of the molecule is COCC1(CN(C)c2cc(Cl)nc(N)c2[N+](=O)[O-])CCC1. The van der Waals surface area contributed by atoms with Crippen LogP contribution in [0.2, 0.25) is 5.15 Å². The first-order valence-corrected chi connectivity index (χ1v) is 7.07. The molecule has 1 aliphatic rings. The molecule has 1 aromatic rings. The fourth-order valence-corrected chi connectivity index (χ4v) is 3.10. The number of nitrogens with zero attached hydrogens (tertiary/aromatic N) is 3. The van der Waals surface area contributed by atoms with Crippen LogP contribution in [-0.2, 0) is 4.74 Å². The summed E-state index contributed by atoms with van der Waals surface area (Å²) in [4.78, 5) is 16.3. The van der Waals surface area contributed by atoms with E-state index in [0.717, 1.165) is 19.3 Å². The number of ether oxygens (including phenoxy) is 1. The van der Waals surface area contributed by atoms with E-state index in [-0.39, 0.29) is 22.1 Å². The van der Waals surface area contributed by atoms with Gasteiger partial charge in [0.25, 0.3) is 0 Å². The van der Waals surface area contributed by atoms with Crippen molar-refractivity contribution in [2.24, 2.45) is 5.41 Å². The monoisotopic (exact) mass is 314 g/mol. The molecule has 2 rings (SSSR count). The maximum atomic E-state index is 11.2. The lowest BCUT2D eigenvalue weighted by Gasteiger charge is -2.44. The van der Waals surface area contributed by atoms with E-state index < -0.39 is 4.92 Å². The molecule has 0 unspecified atom stereocenters. The number of hydrogen-bond donors (Lipinski definition) is 1. The van der Waals surface area contributed by atoms with Crippen molar-refractivity contribution in [3.05, 3.63) is 21.3 Å². The molecule has 7 nitrogen and oxygen atoms in total. The molecule has 0 aromatic carbocycles. The molecule has 21 heavy (non-hydrogen) atoms. The first-order chi connectivity index (χ1) is 9.88. The number of methoxy groups -OCH3 is 1. The Labute approximate surface area is 128 Å². The van der Waals surface area contributed by atoms with Gasteiger partial charge in [-0.1, -0.05) is 18.0 Å². The molecule has 116 valence electrons. The summed E-state index contributed by atoms with van der Waals surface area (Å²) in [5.74, 6) is -0.163. The van der Waals surface area contributed by atoms with Crippen molar-refractivity contribution in [2.45, 2.75) is 19.3 Å². The first-order valence-electron chi connectivity index (χ1n) is 6.69. The van der Waals surface area contributed by atoms with Gasteiger partial charge >= 0.3 is 5.69 Å². The van der Waals surface area contributed by atoms with Crippen molar-refractivity contribution in [1.29, 1.82) is 0 Å². The van der Waals surface area contributed by atoms with E-state index in [4.69, 9.17) is 22.1 Å². The summed E-state index contributed by atoms with van der Waals surface area (Å²) in [6, 6.07) is 1.48. The maximum Gasteiger partial charge on any atom is 0.334 e. The van der Waals surface area contributed by atoms with Gasteiger partial charge in [0.05, 0.1) is 11.5 Å². The second-order valence-electron chi connectivity index (χ2n) is 5.60. The number of nitrogen functional groups attached to an aromatic ring is 1. The van der Waals surface area contributed by atoms with Crippen LogP contribution in [0.4, 0.5) is 17.2 Å². The molecule has 2 N–H and O–H groups in total. The lowest BCUT2D eigenvalue weighted by Crippen LogP contribution is -2.44. The Hall–Kier alpha value is -1.60. The normalized spacial score (nSPS) is 16.3. The van der Waals surface area contributed by atoms with E-state index in [1.807, 2.05) is 4.90 Å². The van der Waals surface area contributed by atoms with Crippen molar-refractivity contribution < 1.29 is 9.66 Å². The Morgan fingerprint density at radius 2 is 2.29 bits per heavy atom. The van der Waals surface area contributed by atoms with Gasteiger partial charge in [-0.25, -0.2) is 4.98 Å². The summed E-state index contributed by atoms with van der Waals surface area (Å²) in [5, 5.41) is 11.4. The molecule has 0 saturated heterocycles. The minimum Gasteiger partial charge on any atom is -0.384 e. The molecule has 0 atom stereocenters. The smallest absolute Gasteiger partial charge is 0.334 e. The average Bonchev–Trinajstić information content (AvgIpc) is 2.34. The standard InChI is InChI=1S/C13H19ClN4O3/c1-17(7-13(8-21-2)4-3-5-13)9-6-10(14)16-12(15)11(9)18(19)20/h6H,3-5,7-8H2,1-2H3,(H2,15,16). The van der Waals surface area contributed by atoms with Crippen LogP contribution in [0.1, 0.15) is 19.3 Å². The molecule has 0 spiro atoms. The Morgan fingerprint density at radius 1 is 1.62 bits per heavy atom. The van der Waals surface area contributed by atoms with Crippen LogP contribution in [0.25, 0.3) is 0 Å². The number of nitro groups is 1.